The molecule has 2 N–H and O–H groups in total. The van der Waals surface area contributed by atoms with Crippen LogP contribution in [0.3, 0.4) is 0 Å². The van der Waals surface area contributed by atoms with Crippen molar-refractivity contribution in [1.82, 2.24) is 0 Å². The molecule has 0 heterocycles. The Morgan fingerprint density at radius 1 is 1.55 bits per heavy atom. The van der Waals surface area contributed by atoms with Gasteiger partial charge in [0.1, 0.15) is 0 Å². The molecule has 0 saturated carbocycles. The van der Waals surface area contributed by atoms with Crippen LogP contribution in [0, 0.1) is 11.6 Å². The predicted molar refractivity (Wildman–Crippen MR) is 46.7 cm³/mol. The first kappa shape index (κ1) is 12.3. The Balaban J connectivity index is 3.37. The molecule has 3 unspecified atom stereocenters. The fourth-order valence-electron chi connectivity index (χ4n) is 0.442. The van der Waals surface area contributed by atoms with Crippen LogP contribution in [-0.2, 0) is 0 Å². The normalized spacial score (nSPS) is 19.7. The topological polar surface area (TPSA) is 26.0 Å². The Bertz CT molecular complexity index is 102. The van der Waals surface area contributed by atoms with Crippen LogP contribution in [0.15, 0.2) is 0 Å². The minimum atomic E-state index is 0.166. The van der Waals surface area contributed by atoms with Gasteiger partial charge in [-0.25, -0.2) is 0 Å². The molecule has 70 valence electrons. The van der Waals surface area contributed by atoms with Crippen LogP contribution in [0.5, 0.6) is 0 Å². The van der Waals surface area contributed by atoms with E-state index in [0.29, 0.717) is 21.2 Å². The molecular formula is C7H17ClINS. The number of nitrogens with two attached hydrogens (primary N) is 1. The summed E-state index contributed by atoms with van der Waals surface area (Å²) in [5.41, 5.74) is 5.66. The molecule has 0 spiro atoms. The van der Waals surface area contributed by atoms with Crippen molar-refractivity contribution in [1.29, 1.82) is 0 Å². The summed E-state index contributed by atoms with van der Waals surface area (Å²) in [6.07, 6.45) is 0. The minimum absolute atomic E-state index is 0.166. The van der Waals surface area contributed by atoms with Crippen molar-refractivity contribution in [2.24, 2.45) is 5.73 Å². The van der Waals surface area contributed by atoms with Crippen LogP contribution in [0.2, 0.25) is 0 Å². The van der Waals surface area contributed by atoms with Crippen LogP contribution in [0.25, 0.3) is 0 Å². The fraction of sp³-hybridized carbons (Fsp3) is 1.00. The van der Waals surface area contributed by atoms with Crippen molar-refractivity contribution >= 4 is 11.8 Å². The number of thioether (sulfide) groups is 1. The summed E-state index contributed by atoms with van der Waals surface area (Å²) in [4.78, 5) is 2.31. The predicted octanol–water partition coefficient (Wildman–Crippen LogP) is -2.22. The molecular weight excluding hydrogens is 293 g/mol. The Labute approximate surface area is 89.1 Å². The Morgan fingerprint density at radius 2 is 2.09 bits per heavy atom. The van der Waals surface area contributed by atoms with E-state index < -0.39 is 0 Å². The first-order chi connectivity index (χ1) is 5.07. The van der Waals surface area contributed by atoms with E-state index in [1.54, 1.807) is 0 Å². The second kappa shape index (κ2) is 6.80. The molecule has 0 aliphatic carbocycles. The monoisotopic (exact) mass is 309 g/mol. The zero-order valence-electron chi connectivity index (χ0n) is 7.21. The zero-order chi connectivity index (χ0) is 8.85. The average molecular weight is 310 g/mol. The summed E-state index contributed by atoms with van der Waals surface area (Å²) in [7, 11) is 0. The Morgan fingerprint density at radius 3 is 2.45 bits per heavy atom. The molecule has 0 aliphatic heterocycles. The summed E-state index contributed by atoms with van der Waals surface area (Å²) < 4.78 is 0.831. The van der Waals surface area contributed by atoms with Gasteiger partial charge in [0, 0.05) is 0 Å². The fourth-order valence-corrected chi connectivity index (χ4v) is 3.26. The summed E-state index contributed by atoms with van der Waals surface area (Å²) in [6, 6.07) is 0.166. The molecule has 0 saturated heterocycles. The van der Waals surface area contributed by atoms with Crippen LogP contribution in [-0.4, -0.2) is 25.4 Å². The second-order valence-corrected chi connectivity index (χ2v) is 8.43. The maximum absolute atomic E-state index is 5.66. The summed E-state index contributed by atoms with van der Waals surface area (Å²) >= 11 is 7.54. The van der Waals surface area contributed by atoms with Gasteiger partial charge in [0.05, 0.1) is 0 Å². The SMILES string of the molecule is C[I-]C(C)SCC([ClH+])C(C)N. The standard InChI is InChI=1S/C7H17ClINS/c1-5(10)7(8)4-11-6(2)9-3/h5-8H,4,10H2,1-3H3. The third-order valence-electron chi connectivity index (χ3n) is 1.38. The quantitative estimate of drug-likeness (QED) is 0.460. The molecule has 0 aromatic carbocycles. The van der Waals surface area contributed by atoms with Gasteiger partial charge in [0.25, 0.3) is 0 Å². The molecule has 0 rings (SSSR count). The van der Waals surface area contributed by atoms with E-state index in [9.17, 15) is 0 Å². The first-order valence-electron chi connectivity index (χ1n) is 3.59. The number of halogens is 2. The van der Waals surface area contributed by atoms with Gasteiger partial charge < -0.3 is 0 Å². The van der Waals surface area contributed by atoms with Crippen molar-refractivity contribution in [3.63, 3.8) is 0 Å². The van der Waals surface area contributed by atoms with E-state index in [2.05, 4.69) is 11.9 Å². The summed E-state index contributed by atoms with van der Waals surface area (Å²) in [5.74, 6) is 1.04. The molecule has 0 fully saturated rings. The van der Waals surface area contributed by atoms with Gasteiger partial charge in [-0.3, -0.25) is 0 Å². The van der Waals surface area contributed by atoms with Gasteiger partial charge in [-0.05, 0) is 0 Å². The van der Waals surface area contributed by atoms with Crippen molar-refractivity contribution in [2.45, 2.75) is 28.5 Å². The van der Waals surface area contributed by atoms with Crippen molar-refractivity contribution in [3.8, 4) is 0 Å². The van der Waals surface area contributed by atoms with E-state index in [1.807, 2.05) is 18.7 Å². The van der Waals surface area contributed by atoms with Gasteiger partial charge in [-0.1, -0.05) is 0 Å². The van der Waals surface area contributed by atoms with Gasteiger partial charge in [-0.15, -0.1) is 0 Å². The van der Waals surface area contributed by atoms with Gasteiger partial charge in [0.2, 0.25) is 0 Å². The van der Waals surface area contributed by atoms with E-state index in [1.165, 1.54) is 0 Å². The Hall–Kier alpha value is 1.33. The zero-order valence-corrected chi connectivity index (χ0v) is 11.0. The molecule has 0 aromatic rings. The third kappa shape index (κ3) is 6.49. The number of hydrogen-bond donors (Lipinski definition) is 1. The van der Waals surface area contributed by atoms with Gasteiger partial charge >= 0.3 is 89.5 Å². The Kier molecular flexibility index (Phi) is 7.63. The maximum atomic E-state index is 5.66. The summed E-state index contributed by atoms with van der Waals surface area (Å²) in [5, 5.41) is 0.248. The third-order valence-corrected chi connectivity index (χ3v) is 7.23. The van der Waals surface area contributed by atoms with E-state index in [-0.39, 0.29) is 11.4 Å². The van der Waals surface area contributed by atoms with Crippen LogP contribution < -0.4 is 26.9 Å². The molecule has 4 heteroatoms. The van der Waals surface area contributed by atoms with Crippen molar-refractivity contribution in [2.75, 3.05) is 10.7 Å². The molecule has 0 amide bonds. The van der Waals surface area contributed by atoms with Crippen LogP contribution in [0.1, 0.15) is 13.8 Å². The van der Waals surface area contributed by atoms with E-state index in [0.717, 1.165) is 9.01 Å². The molecule has 3 atom stereocenters. The van der Waals surface area contributed by atoms with Crippen LogP contribution >= 0.6 is 11.8 Å². The second-order valence-electron chi connectivity index (χ2n) is 2.49. The molecule has 11 heavy (non-hydrogen) atoms. The van der Waals surface area contributed by atoms with E-state index in [4.69, 9.17) is 17.3 Å². The number of rotatable bonds is 5. The van der Waals surface area contributed by atoms with Crippen LogP contribution in [0.4, 0.5) is 0 Å². The molecule has 1 nitrogen and oxygen atoms in total. The number of alkyl halides is 3. The molecule has 0 radical (unpaired) electrons. The number of hydrogen-bond acceptors (Lipinski definition) is 2. The van der Waals surface area contributed by atoms with Gasteiger partial charge in [-0.2, -0.15) is 0 Å². The molecule has 0 aromatic heterocycles. The van der Waals surface area contributed by atoms with Crippen molar-refractivity contribution < 1.29 is 32.8 Å². The van der Waals surface area contributed by atoms with Crippen molar-refractivity contribution in [3.05, 3.63) is 0 Å². The summed E-state index contributed by atoms with van der Waals surface area (Å²) in [6.45, 7) is 4.27. The first-order valence-corrected chi connectivity index (χ1v) is 8.51. The average Bonchev–Trinajstić information content (AvgIpc) is 1.99. The van der Waals surface area contributed by atoms with Gasteiger partial charge in [0.15, 0.2) is 0 Å². The van der Waals surface area contributed by atoms with E-state index >= 15 is 0 Å². The molecule has 0 aliphatic rings. The molecule has 0 bridgehead atoms.